The van der Waals surface area contributed by atoms with Crippen molar-refractivity contribution < 1.29 is 4.74 Å². The largest absolute Gasteiger partial charge is 0.381 e. The van der Waals surface area contributed by atoms with E-state index in [9.17, 15) is 0 Å². The number of nitrogens with zero attached hydrogens (tertiary/aromatic N) is 1. The molecule has 0 aromatic carbocycles. The summed E-state index contributed by atoms with van der Waals surface area (Å²) in [4.78, 5) is 2.75. The van der Waals surface area contributed by atoms with Crippen LogP contribution in [0.15, 0.2) is 12.2 Å². The Bertz CT molecular complexity index is 422. The second kappa shape index (κ2) is 15.5. The maximum absolute atomic E-state index is 5.71. The van der Waals surface area contributed by atoms with E-state index in [-0.39, 0.29) is 11.1 Å². The van der Waals surface area contributed by atoms with Gasteiger partial charge in [-0.25, -0.2) is 0 Å². The molecule has 0 aliphatic carbocycles. The van der Waals surface area contributed by atoms with Crippen LogP contribution in [0.4, 0.5) is 0 Å². The van der Waals surface area contributed by atoms with Gasteiger partial charge in [0.1, 0.15) is 0 Å². The van der Waals surface area contributed by atoms with Crippen LogP contribution in [-0.2, 0) is 4.74 Å². The summed E-state index contributed by atoms with van der Waals surface area (Å²) in [6, 6.07) is 0. The summed E-state index contributed by atoms with van der Waals surface area (Å²) >= 11 is 0. The van der Waals surface area contributed by atoms with Gasteiger partial charge in [-0.05, 0) is 79.2 Å². The second-order valence-corrected chi connectivity index (χ2v) is 11.0. The molecule has 30 heavy (non-hydrogen) atoms. The minimum atomic E-state index is 0.240. The third-order valence-corrected chi connectivity index (χ3v) is 7.14. The first-order chi connectivity index (χ1) is 14.3. The zero-order valence-corrected chi connectivity index (χ0v) is 21.6. The zero-order valence-electron chi connectivity index (χ0n) is 21.6. The van der Waals surface area contributed by atoms with Gasteiger partial charge in [-0.15, -0.1) is 0 Å². The molecule has 0 atom stereocenters. The smallest absolute Gasteiger partial charge is 0.0606 e. The van der Waals surface area contributed by atoms with E-state index in [0.29, 0.717) is 6.10 Å². The highest BCUT2D eigenvalue weighted by Gasteiger charge is 2.44. The number of hydrogen-bond acceptors (Lipinski definition) is 2. The lowest BCUT2D eigenvalue weighted by Crippen LogP contribution is -2.62. The fourth-order valence-electron chi connectivity index (χ4n) is 5.52. The summed E-state index contributed by atoms with van der Waals surface area (Å²) in [6.07, 6.45) is 26.9. The second-order valence-electron chi connectivity index (χ2n) is 11.0. The van der Waals surface area contributed by atoms with Gasteiger partial charge in [-0.2, -0.15) is 0 Å². The van der Waals surface area contributed by atoms with Crippen molar-refractivity contribution >= 4 is 0 Å². The summed E-state index contributed by atoms with van der Waals surface area (Å²) < 4.78 is 5.71. The number of allylic oxidation sites excluding steroid dienone is 2. The fourth-order valence-corrected chi connectivity index (χ4v) is 5.52. The van der Waals surface area contributed by atoms with Crippen molar-refractivity contribution in [2.75, 3.05) is 13.7 Å². The van der Waals surface area contributed by atoms with Gasteiger partial charge >= 0.3 is 0 Å². The lowest BCUT2D eigenvalue weighted by molar-refractivity contribution is -0.0930. The molecule has 0 spiro atoms. The average molecular weight is 422 g/mol. The molecule has 1 fully saturated rings. The Hall–Kier alpha value is -0.340. The number of unbranched alkanes of at least 4 members (excludes halogenated alkanes) is 12. The van der Waals surface area contributed by atoms with Crippen molar-refractivity contribution in [2.24, 2.45) is 0 Å². The molecule has 0 aromatic rings. The Labute approximate surface area is 190 Å². The summed E-state index contributed by atoms with van der Waals surface area (Å²) in [5, 5.41) is 0. The number of piperidine rings is 1. The van der Waals surface area contributed by atoms with Crippen LogP contribution >= 0.6 is 0 Å². The molecule has 0 N–H and O–H groups in total. The average Bonchev–Trinajstić information content (AvgIpc) is 2.68. The predicted molar refractivity (Wildman–Crippen MR) is 134 cm³/mol. The highest BCUT2D eigenvalue weighted by atomic mass is 16.5. The topological polar surface area (TPSA) is 12.5 Å². The van der Waals surface area contributed by atoms with E-state index < -0.39 is 0 Å². The van der Waals surface area contributed by atoms with E-state index in [0.717, 1.165) is 12.8 Å². The van der Waals surface area contributed by atoms with Crippen LogP contribution in [0.3, 0.4) is 0 Å². The molecule has 1 aliphatic rings. The van der Waals surface area contributed by atoms with Crippen LogP contribution in [0, 0.1) is 0 Å². The molecular formula is C28H55NO. The lowest BCUT2D eigenvalue weighted by atomic mass is 9.78. The molecule has 178 valence electrons. The number of likely N-dealkylation sites (tertiary alicyclic amines) is 1. The van der Waals surface area contributed by atoms with Crippen molar-refractivity contribution in [3.63, 3.8) is 0 Å². The van der Waals surface area contributed by atoms with Crippen molar-refractivity contribution in [3.8, 4) is 0 Å². The highest BCUT2D eigenvalue weighted by Crippen LogP contribution is 2.39. The lowest BCUT2D eigenvalue weighted by Gasteiger charge is -2.55. The van der Waals surface area contributed by atoms with E-state index in [2.05, 4.69) is 51.7 Å². The van der Waals surface area contributed by atoms with Gasteiger partial charge in [0.15, 0.2) is 0 Å². The van der Waals surface area contributed by atoms with Gasteiger partial charge in [0.2, 0.25) is 0 Å². The van der Waals surface area contributed by atoms with Gasteiger partial charge in [0.05, 0.1) is 6.10 Å². The Balaban J connectivity index is 2.01. The molecule has 0 amide bonds. The molecular weight excluding hydrogens is 366 g/mol. The minimum absolute atomic E-state index is 0.240. The van der Waals surface area contributed by atoms with Gasteiger partial charge in [0, 0.05) is 18.2 Å². The van der Waals surface area contributed by atoms with E-state index in [4.69, 9.17) is 4.74 Å². The van der Waals surface area contributed by atoms with Crippen molar-refractivity contribution in [3.05, 3.63) is 12.2 Å². The first kappa shape index (κ1) is 27.7. The highest BCUT2D eigenvalue weighted by molar-refractivity contribution is 5.00. The number of ether oxygens (including phenoxy) is 1. The van der Waals surface area contributed by atoms with E-state index in [1.807, 2.05) is 7.11 Å². The van der Waals surface area contributed by atoms with Gasteiger partial charge in [-0.1, -0.05) is 76.9 Å². The summed E-state index contributed by atoms with van der Waals surface area (Å²) in [7, 11) is 1.87. The Morgan fingerprint density at radius 3 is 1.60 bits per heavy atom. The number of methoxy groups -OCH3 is 1. The summed E-state index contributed by atoms with van der Waals surface area (Å²) in [6.45, 7) is 13.1. The molecule has 2 nitrogen and oxygen atoms in total. The monoisotopic (exact) mass is 421 g/mol. The Morgan fingerprint density at radius 2 is 1.13 bits per heavy atom. The Morgan fingerprint density at radius 1 is 0.700 bits per heavy atom. The summed E-state index contributed by atoms with van der Waals surface area (Å²) in [5.41, 5.74) is 0.481. The number of hydrogen-bond donors (Lipinski definition) is 0. The standard InChI is InChI=1S/C28H55NO/c1-7-8-9-10-11-12-13-14-15-16-17-18-19-20-21-22-23-29-27(2,3)24-26(30-6)25-28(29,4)5/h14-15,26H,7-13,16-25H2,1-6H3/b15-14-. The van der Waals surface area contributed by atoms with Crippen molar-refractivity contribution in [1.29, 1.82) is 0 Å². The normalized spacial score (nSPS) is 19.7. The predicted octanol–water partition coefficient (Wildman–Crippen LogP) is 8.69. The van der Waals surface area contributed by atoms with E-state index in [1.165, 1.54) is 96.4 Å². The molecule has 1 saturated heterocycles. The molecule has 0 radical (unpaired) electrons. The van der Waals surface area contributed by atoms with Crippen LogP contribution in [0.25, 0.3) is 0 Å². The van der Waals surface area contributed by atoms with E-state index >= 15 is 0 Å². The quantitative estimate of drug-likeness (QED) is 0.172. The SMILES string of the molecule is CCCCCCCC/C=C\CCCCCCCCN1C(C)(C)CC(OC)CC1(C)C. The van der Waals surface area contributed by atoms with Crippen LogP contribution in [0.1, 0.15) is 137 Å². The van der Waals surface area contributed by atoms with E-state index in [1.54, 1.807) is 0 Å². The molecule has 2 heteroatoms. The van der Waals surface area contributed by atoms with Crippen LogP contribution in [-0.4, -0.2) is 35.7 Å². The molecule has 1 aliphatic heterocycles. The minimum Gasteiger partial charge on any atom is -0.381 e. The van der Waals surface area contributed by atoms with Crippen LogP contribution < -0.4 is 0 Å². The van der Waals surface area contributed by atoms with Gasteiger partial charge in [0.25, 0.3) is 0 Å². The zero-order chi connectivity index (χ0) is 22.3. The summed E-state index contributed by atoms with van der Waals surface area (Å²) in [5.74, 6) is 0. The first-order valence-corrected chi connectivity index (χ1v) is 13.3. The molecule has 0 aromatic heterocycles. The number of rotatable bonds is 17. The third-order valence-electron chi connectivity index (χ3n) is 7.14. The van der Waals surface area contributed by atoms with Gasteiger partial charge < -0.3 is 4.74 Å². The third kappa shape index (κ3) is 11.3. The van der Waals surface area contributed by atoms with Crippen molar-refractivity contribution in [2.45, 2.75) is 155 Å². The molecule has 0 saturated carbocycles. The maximum atomic E-state index is 5.71. The van der Waals surface area contributed by atoms with Crippen LogP contribution in [0.2, 0.25) is 0 Å². The first-order valence-electron chi connectivity index (χ1n) is 13.3. The maximum Gasteiger partial charge on any atom is 0.0606 e. The Kier molecular flexibility index (Phi) is 14.3. The molecule has 1 heterocycles. The fraction of sp³-hybridized carbons (Fsp3) is 0.929. The van der Waals surface area contributed by atoms with Crippen LogP contribution in [0.5, 0.6) is 0 Å². The van der Waals surface area contributed by atoms with Gasteiger partial charge in [-0.3, -0.25) is 4.90 Å². The molecule has 0 bridgehead atoms. The molecule has 1 rings (SSSR count). The molecule has 0 unspecified atom stereocenters. The van der Waals surface area contributed by atoms with Crippen molar-refractivity contribution in [1.82, 2.24) is 4.90 Å².